The van der Waals surface area contributed by atoms with Crippen molar-refractivity contribution in [2.75, 3.05) is 0 Å². The van der Waals surface area contributed by atoms with Crippen molar-refractivity contribution >= 4 is 54.6 Å². The number of furan rings is 2. The summed E-state index contributed by atoms with van der Waals surface area (Å²) in [6, 6.07) is 22.7. The van der Waals surface area contributed by atoms with Crippen molar-refractivity contribution in [3.05, 3.63) is 71.8 Å². The summed E-state index contributed by atoms with van der Waals surface area (Å²) in [6.07, 6.45) is 15.9. The van der Waals surface area contributed by atoms with E-state index in [1.807, 2.05) is 0 Å². The maximum absolute atomic E-state index is 6.43. The molecule has 2 nitrogen and oxygen atoms in total. The van der Waals surface area contributed by atoms with E-state index in [-0.39, 0.29) is 0 Å². The van der Waals surface area contributed by atoms with Gasteiger partial charge >= 0.3 is 0 Å². The van der Waals surface area contributed by atoms with Crippen LogP contribution < -0.4 is 0 Å². The van der Waals surface area contributed by atoms with Crippen LogP contribution >= 0.6 is 0 Å². The molecule has 0 bridgehead atoms. The molecule has 2 heterocycles. The highest BCUT2D eigenvalue weighted by Crippen LogP contribution is 2.39. The molecule has 38 heavy (non-hydrogen) atoms. The molecule has 0 N–H and O–H groups in total. The smallest absolute Gasteiger partial charge is 0.136 e. The standard InChI is InChI=1S/C36H38O2/c1-2-3-4-5-6-8-11-24-14-17-33-29(18-24)31-22-36-32(23-35(31)37-33)30-20-28-19-26(25-12-9-7-10-13-25)15-16-27(28)21-34(30)38-36/h14-23,25H,2-13H2,1H3. The molecule has 0 amide bonds. The number of fused-ring (bicyclic) bond motifs is 7. The summed E-state index contributed by atoms with van der Waals surface area (Å²) in [5.74, 6) is 0.714. The van der Waals surface area contributed by atoms with Gasteiger partial charge in [-0.25, -0.2) is 0 Å². The van der Waals surface area contributed by atoms with E-state index in [0.29, 0.717) is 5.92 Å². The molecule has 7 rings (SSSR count). The number of unbranched alkanes of at least 4 members (excludes halogenated alkanes) is 5. The van der Waals surface area contributed by atoms with Gasteiger partial charge in [-0.3, -0.25) is 0 Å². The summed E-state index contributed by atoms with van der Waals surface area (Å²) >= 11 is 0. The molecule has 0 saturated heterocycles. The van der Waals surface area contributed by atoms with Crippen LogP contribution in [0.2, 0.25) is 0 Å². The third kappa shape index (κ3) is 4.38. The SMILES string of the molecule is CCCCCCCCc1ccc2oc3cc4c(cc3c2c1)oc1cc2ccc(C3CCCCC3)cc2cc14. The molecule has 194 valence electrons. The Morgan fingerprint density at radius 3 is 2.08 bits per heavy atom. The maximum Gasteiger partial charge on any atom is 0.136 e. The third-order valence-electron chi connectivity index (χ3n) is 9.00. The van der Waals surface area contributed by atoms with Gasteiger partial charge < -0.3 is 8.83 Å². The van der Waals surface area contributed by atoms with Crippen LogP contribution in [-0.2, 0) is 6.42 Å². The Labute approximate surface area is 225 Å². The van der Waals surface area contributed by atoms with Gasteiger partial charge in [0.05, 0.1) is 0 Å². The van der Waals surface area contributed by atoms with Crippen molar-refractivity contribution in [1.29, 1.82) is 0 Å². The monoisotopic (exact) mass is 502 g/mol. The molecule has 0 unspecified atom stereocenters. The summed E-state index contributed by atoms with van der Waals surface area (Å²) in [7, 11) is 0. The Morgan fingerprint density at radius 2 is 1.26 bits per heavy atom. The number of aryl methyl sites for hydroxylation is 1. The lowest BCUT2D eigenvalue weighted by Crippen LogP contribution is -2.04. The first-order valence-corrected chi connectivity index (χ1v) is 15.0. The predicted octanol–water partition coefficient (Wildman–Crippen LogP) is 11.6. The quantitative estimate of drug-likeness (QED) is 0.193. The van der Waals surface area contributed by atoms with Crippen molar-refractivity contribution < 1.29 is 8.83 Å². The first-order valence-electron chi connectivity index (χ1n) is 15.0. The van der Waals surface area contributed by atoms with Crippen LogP contribution in [0, 0.1) is 0 Å². The van der Waals surface area contributed by atoms with Crippen LogP contribution in [0.5, 0.6) is 0 Å². The van der Waals surface area contributed by atoms with Gasteiger partial charge in [-0.15, -0.1) is 0 Å². The fourth-order valence-electron chi connectivity index (χ4n) is 6.81. The van der Waals surface area contributed by atoms with Crippen molar-refractivity contribution in [3.8, 4) is 0 Å². The number of hydrogen-bond donors (Lipinski definition) is 0. The van der Waals surface area contributed by atoms with E-state index in [9.17, 15) is 0 Å². The molecule has 1 aliphatic rings. The summed E-state index contributed by atoms with van der Waals surface area (Å²) in [4.78, 5) is 0. The lowest BCUT2D eigenvalue weighted by Gasteiger charge is -2.22. The van der Waals surface area contributed by atoms with Crippen LogP contribution in [0.25, 0.3) is 54.6 Å². The van der Waals surface area contributed by atoms with Gasteiger partial charge in [-0.2, -0.15) is 0 Å². The second-order valence-electron chi connectivity index (χ2n) is 11.7. The fraction of sp³-hybridized carbons (Fsp3) is 0.389. The Morgan fingerprint density at radius 1 is 0.579 bits per heavy atom. The Kier molecular flexibility index (Phi) is 6.35. The molecule has 4 aromatic carbocycles. The third-order valence-corrected chi connectivity index (χ3v) is 9.00. The molecule has 1 aliphatic carbocycles. The number of benzene rings is 4. The van der Waals surface area contributed by atoms with Crippen LogP contribution in [-0.4, -0.2) is 0 Å². The highest BCUT2D eigenvalue weighted by molar-refractivity contribution is 6.16. The van der Waals surface area contributed by atoms with E-state index < -0.39 is 0 Å². The fourth-order valence-corrected chi connectivity index (χ4v) is 6.81. The molecule has 0 atom stereocenters. The van der Waals surface area contributed by atoms with Gasteiger partial charge in [0.15, 0.2) is 0 Å². The van der Waals surface area contributed by atoms with Crippen LogP contribution in [0.1, 0.15) is 94.6 Å². The lowest BCUT2D eigenvalue weighted by molar-refractivity contribution is 0.444. The first-order chi connectivity index (χ1) is 18.8. The molecule has 0 radical (unpaired) electrons. The molecule has 2 aromatic heterocycles. The highest BCUT2D eigenvalue weighted by atomic mass is 16.3. The van der Waals surface area contributed by atoms with E-state index in [1.165, 1.54) is 103 Å². The van der Waals surface area contributed by atoms with Crippen LogP contribution in [0.15, 0.2) is 69.5 Å². The highest BCUT2D eigenvalue weighted by Gasteiger charge is 2.17. The minimum Gasteiger partial charge on any atom is -0.456 e. The van der Waals surface area contributed by atoms with Crippen molar-refractivity contribution in [1.82, 2.24) is 0 Å². The van der Waals surface area contributed by atoms with Crippen molar-refractivity contribution in [2.24, 2.45) is 0 Å². The van der Waals surface area contributed by atoms with Gasteiger partial charge in [0.2, 0.25) is 0 Å². The molecular formula is C36H38O2. The Bertz CT molecular complexity index is 1740. The summed E-state index contributed by atoms with van der Waals surface area (Å²) in [5.41, 5.74) is 6.72. The topological polar surface area (TPSA) is 26.3 Å². The van der Waals surface area contributed by atoms with Crippen molar-refractivity contribution in [3.63, 3.8) is 0 Å². The van der Waals surface area contributed by atoms with Crippen LogP contribution in [0.4, 0.5) is 0 Å². The van der Waals surface area contributed by atoms with E-state index in [2.05, 4.69) is 67.6 Å². The zero-order valence-electron chi connectivity index (χ0n) is 22.7. The minimum absolute atomic E-state index is 0.714. The largest absolute Gasteiger partial charge is 0.456 e. The summed E-state index contributed by atoms with van der Waals surface area (Å²) < 4.78 is 12.8. The second-order valence-corrected chi connectivity index (χ2v) is 11.7. The number of rotatable bonds is 8. The predicted molar refractivity (Wildman–Crippen MR) is 161 cm³/mol. The van der Waals surface area contributed by atoms with Gasteiger partial charge in [0.25, 0.3) is 0 Å². The van der Waals surface area contributed by atoms with Gasteiger partial charge in [0.1, 0.15) is 22.3 Å². The minimum atomic E-state index is 0.714. The molecule has 6 aromatic rings. The molecular weight excluding hydrogens is 464 g/mol. The average Bonchev–Trinajstić information content (AvgIpc) is 3.49. The molecule has 2 heteroatoms. The van der Waals surface area contributed by atoms with E-state index in [4.69, 9.17) is 8.83 Å². The normalized spacial score (nSPS) is 15.1. The first kappa shape index (κ1) is 23.8. The molecule has 0 aliphatic heterocycles. The van der Waals surface area contributed by atoms with Crippen LogP contribution in [0.3, 0.4) is 0 Å². The van der Waals surface area contributed by atoms with Gasteiger partial charge in [-0.05, 0) is 89.9 Å². The van der Waals surface area contributed by atoms with E-state index in [0.717, 1.165) is 39.5 Å². The van der Waals surface area contributed by atoms with Gasteiger partial charge in [-0.1, -0.05) is 82.6 Å². The van der Waals surface area contributed by atoms with Crippen molar-refractivity contribution in [2.45, 2.75) is 89.9 Å². The summed E-state index contributed by atoms with van der Waals surface area (Å²) in [5, 5.41) is 7.24. The van der Waals surface area contributed by atoms with Gasteiger partial charge in [0, 0.05) is 21.5 Å². The molecule has 1 fully saturated rings. The number of hydrogen-bond acceptors (Lipinski definition) is 2. The Hall–Kier alpha value is -3.26. The molecule has 0 spiro atoms. The lowest BCUT2D eigenvalue weighted by atomic mass is 9.83. The Balaban J connectivity index is 1.24. The average molecular weight is 503 g/mol. The molecule has 1 saturated carbocycles. The van der Waals surface area contributed by atoms with E-state index >= 15 is 0 Å². The van der Waals surface area contributed by atoms with E-state index in [1.54, 1.807) is 0 Å². The zero-order chi connectivity index (χ0) is 25.5. The maximum atomic E-state index is 6.43. The zero-order valence-corrected chi connectivity index (χ0v) is 22.7. The summed E-state index contributed by atoms with van der Waals surface area (Å²) in [6.45, 7) is 2.28. The second kappa shape index (κ2) is 10.1.